The largest absolute Gasteiger partial charge is 0.293 e. The van der Waals surface area contributed by atoms with Crippen LogP contribution in [0, 0.1) is 12.8 Å². The van der Waals surface area contributed by atoms with Gasteiger partial charge >= 0.3 is 0 Å². The molecule has 3 heterocycles. The number of nitrogens with zero attached hydrogens (tertiary/aromatic N) is 2. The highest BCUT2D eigenvalue weighted by molar-refractivity contribution is 5.96. The first-order chi connectivity index (χ1) is 11.7. The Labute approximate surface area is 143 Å². The molecule has 1 aromatic carbocycles. The van der Waals surface area contributed by atoms with Gasteiger partial charge in [-0.15, -0.1) is 0 Å². The zero-order valence-corrected chi connectivity index (χ0v) is 14.2. The van der Waals surface area contributed by atoms with E-state index in [9.17, 15) is 4.79 Å². The highest BCUT2D eigenvalue weighted by Crippen LogP contribution is 2.40. The molecule has 0 amide bonds. The number of fused-ring (bicyclic) bond motifs is 2. The molecule has 2 aliphatic heterocycles. The molecule has 3 nitrogen and oxygen atoms in total. The van der Waals surface area contributed by atoms with Gasteiger partial charge in [-0.05, 0) is 55.9 Å². The minimum Gasteiger partial charge on any atom is -0.293 e. The van der Waals surface area contributed by atoms with Crippen molar-refractivity contribution in [3.05, 3.63) is 65.5 Å². The number of hydrogen-bond donors (Lipinski definition) is 0. The molecule has 3 heteroatoms. The predicted octanol–water partition coefficient (Wildman–Crippen LogP) is 4.02. The zero-order valence-electron chi connectivity index (χ0n) is 14.2. The molecule has 0 aliphatic carbocycles. The van der Waals surface area contributed by atoms with E-state index in [0.29, 0.717) is 17.8 Å². The summed E-state index contributed by atoms with van der Waals surface area (Å²) in [6.07, 6.45) is 6.17. The molecular weight excluding hydrogens is 296 g/mol. The van der Waals surface area contributed by atoms with Crippen molar-refractivity contribution >= 4 is 5.78 Å². The molecule has 2 unspecified atom stereocenters. The summed E-state index contributed by atoms with van der Waals surface area (Å²) in [6.45, 7) is 3.03. The van der Waals surface area contributed by atoms with Crippen LogP contribution in [0.4, 0.5) is 0 Å². The van der Waals surface area contributed by atoms with Crippen LogP contribution < -0.4 is 0 Å². The van der Waals surface area contributed by atoms with Crippen LogP contribution in [0.5, 0.6) is 0 Å². The van der Waals surface area contributed by atoms with E-state index in [-0.39, 0.29) is 11.7 Å². The van der Waals surface area contributed by atoms with Crippen molar-refractivity contribution in [2.24, 2.45) is 5.92 Å². The highest BCUT2D eigenvalue weighted by atomic mass is 16.1. The number of aromatic nitrogens is 1. The fourth-order valence-corrected chi connectivity index (χ4v) is 4.42. The highest BCUT2D eigenvalue weighted by Gasteiger charge is 2.42. The summed E-state index contributed by atoms with van der Waals surface area (Å²) in [5.74, 6) is 0.388. The van der Waals surface area contributed by atoms with Crippen LogP contribution in [-0.4, -0.2) is 27.8 Å². The fraction of sp³-hybridized carbons (Fsp3) is 0.429. The molecule has 2 atom stereocenters. The average molecular weight is 320 g/mol. The zero-order chi connectivity index (χ0) is 16.5. The van der Waals surface area contributed by atoms with E-state index >= 15 is 0 Å². The second kappa shape index (κ2) is 6.48. The molecule has 2 aliphatic rings. The molecule has 2 bridgehead atoms. The van der Waals surface area contributed by atoms with E-state index in [0.717, 1.165) is 24.9 Å². The first-order valence-electron chi connectivity index (χ1n) is 8.97. The number of piperidine rings is 1. The second-order valence-corrected chi connectivity index (χ2v) is 7.29. The summed E-state index contributed by atoms with van der Waals surface area (Å²) in [4.78, 5) is 19.8. The van der Waals surface area contributed by atoms with Crippen LogP contribution in [0.3, 0.4) is 0 Å². The van der Waals surface area contributed by atoms with Gasteiger partial charge < -0.3 is 0 Å². The Bertz CT molecular complexity index is 714. The van der Waals surface area contributed by atoms with E-state index < -0.39 is 0 Å². The van der Waals surface area contributed by atoms with Gasteiger partial charge in [-0.2, -0.15) is 0 Å². The minimum absolute atomic E-state index is 0.142. The Balaban J connectivity index is 1.47. The lowest BCUT2D eigenvalue weighted by molar-refractivity contribution is 0.0674. The van der Waals surface area contributed by atoms with Gasteiger partial charge in [0.05, 0.1) is 0 Å². The molecule has 2 fully saturated rings. The summed E-state index contributed by atoms with van der Waals surface area (Å²) in [7, 11) is 0. The van der Waals surface area contributed by atoms with Gasteiger partial charge in [-0.3, -0.25) is 14.7 Å². The van der Waals surface area contributed by atoms with Gasteiger partial charge in [0, 0.05) is 30.7 Å². The number of pyridine rings is 1. The third-order valence-electron chi connectivity index (χ3n) is 5.63. The molecule has 24 heavy (non-hydrogen) atoms. The molecule has 0 N–H and O–H groups in total. The standard InChI is InChI=1S/C21H24N2O/c1-15-9-10-22-20(11-15)21(24)17-12-18-7-8-19(13-17)23(18)14-16-5-3-2-4-6-16/h2-6,9-11,17-19H,7-8,12-14H2,1H3. The second-order valence-electron chi connectivity index (χ2n) is 7.29. The van der Waals surface area contributed by atoms with Crippen molar-refractivity contribution in [2.45, 2.75) is 51.2 Å². The maximum atomic E-state index is 12.9. The first-order valence-corrected chi connectivity index (χ1v) is 8.97. The lowest BCUT2D eigenvalue weighted by atomic mass is 9.85. The summed E-state index contributed by atoms with van der Waals surface area (Å²) >= 11 is 0. The third-order valence-corrected chi connectivity index (χ3v) is 5.63. The van der Waals surface area contributed by atoms with Crippen LogP contribution in [0.1, 0.15) is 47.3 Å². The van der Waals surface area contributed by atoms with Crippen molar-refractivity contribution in [3.8, 4) is 0 Å². The first kappa shape index (κ1) is 15.5. The number of rotatable bonds is 4. The van der Waals surface area contributed by atoms with Crippen LogP contribution in [0.2, 0.25) is 0 Å². The monoisotopic (exact) mass is 320 g/mol. The van der Waals surface area contributed by atoms with Crippen LogP contribution >= 0.6 is 0 Å². The molecule has 0 saturated carbocycles. The smallest absolute Gasteiger partial charge is 0.184 e. The average Bonchev–Trinajstić information content (AvgIpc) is 2.83. The molecule has 2 saturated heterocycles. The molecule has 1 aromatic heterocycles. The van der Waals surface area contributed by atoms with Gasteiger partial charge in [-0.1, -0.05) is 30.3 Å². The SMILES string of the molecule is Cc1ccnc(C(=O)C2CC3CCC(C2)N3Cc2ccccc2)c1. The maximum Gasteiger partial charge on any atom is 0.184 e. The molecule has 4 rings (SSSR count). The van der Waals surface area contributed by atoms with Crippen LogP contribution in [0.25, 0.3) is 0 Å². The number of ketones is 1. The Morgan fingerprint density at radius 2 is 1.83 bits per heavy atom. The number of carbonyl (C=O) groups is 1. The Morgan fingerprint density at radius 1 is 1.12 bits per heavy atom. The van der Waals surface area contributed by atoms with Crippen molar-refractivity contribution in [2.75, 3.05) is 0 Å². The summed E-state index contributed by atoms with van der Waals surface area (Å²) in [6, 6.07) is 15.7. The maximum absolute atomic E-state index is 12.9. The van der Waals surface area contributed by atoms with Gasteiger partial charge in [0.1, 0.15) is 5.69 Å². The molecule has 0 spiro atoms. The topological polar surface area (TPSA) is 33.2 Å². The summed E-state index contributed by atoms with van der Waals surface area (Å²) < 4.78 is 0. The lowest BCUT2D eigenvalue weighted by Crippen LogP contribution is -2.44. The molecular formula is C21H24N2O. The van der Waals surface area contributed by atoms with Crippen molar-refractivity contribution in [1.29, 1.82) is 0 Å². The summed E-state index contributed by atoms with van der Waals surface area (Å²) in [5, 5.41) is 0. The van der Waals surface area contributed by atoms with E-state index in [1.54, 1.807) is 6.20 Å². The van der Waals surface area contributed by atoms with Crippen molar-refractivity contribution in [1.82, 2.24) is 9.88 Å². The molecule has 0 radical (unpaired) electrons. The molecule has 2 aromatic rings. The van der Waals surface area contributed by atoms with E-state index in [2.05, 4.69) is 40.2 Å². The van der Waals surface area contributed by atoms with Crippen LogP contribution in [-0.2, 0) is 6.54 Å². The Morgan fingerprint density at radius 3 is 2.50 bits per heavy atom. The van der Waals surface area contributed by atoms with Gasteiger partial charge in [-0.25, -0.2) is 0 Å². The number of Topliss-reactive ketones (excluding diaryl/α,β-unsaturated/α-hetero) is 1. The van der Waals surface area contributed by atoms with Gasteiger partial charge in [0.25, 0.3) is 0 Å². The number of benzene rings is 1. The third kappa shape index (κ3) is 3.01. The van der Waals surface area contributed by atoms with Crippen molar-refractivity contribution < 1.29 is 4.79 Å². The number of aryl methyl sites for hydroxylation is 1. The van der Waals surface area contributed by atoms with Crippen LogP contribution in [0.15, 0.2) is 48.7 Å². The minimum atomic E-state index is 0.142. The van der Waals surface area contributed by atoms with E-state index in [4.69, 9.17) is 0 Å². The van der Waals surface area contributed by atoms with E-state index in [1.807, 2.05) is 19.1 Å². The quantitative estimate of drug-likeness (QED) is 0.798. The lowest BCUT2D eigenvalue weighted by Gasteiger charge is -2.38. The summed E-state index contributed by atoms with van der Waals surface area (Å²) in [5.41, 5.74) is 3.13. The number of hydrogen-bond acceptors (Lipinski definition) is 3. The predicted molar refractivity (Wildman–Crippen MR) is 94.8 cm³/mol. The Hall–Kier alpha value is -2.00. The van der Waals surface area contributed by atoms with E-state index in [1.165, 1.54) is 18.4 Å². The number of carbonyl (C=O) groups excluding carboxylic acids is 1. The van der Waals surface area contributed by atoms with Gasteiger partial charge in [0.15, 0.2) is 5.78 Å². The van der Waals surface area contributed by atoms with Gasteiger partial charge in [0.2, 0.25) is 0 Å². The Kier molecular flexibility index (Phi) is 4.19. The fourth-order valence-electron chi connectivity index (χ4n) is 4.42. The normalized spacial score (nSPS) is 26.5. The molecule has 124 valence electrons. The van der Waals surface area contributed by atoms with Crippen molar-refractivity contribution in [3.63, 3.8) is 0 Å².